The number of methoxy groups -OCH3 is 2. The first-order chi connectivity index (χ1) is 34.4. The van der Waals surface area contributed by atoms with Crippen LogP contribution in [0.25, 0.3) is 11.2 Å². The number of carbonyl (C=O) groups excluding carboxylic acids is 2. The molecule has 3 heterocycles. The second-order valence-corrected chi connectivity index (χ2v) is 22.5. The number of nitrogens with one attached hydrogen (secondary N) is 1. The van der Waals surface area contributed by atoms with Crippen molar-refractivity contribution >= 4 is 56.3 Å². The Hall–Kier alpha value is -6.81. The highest BCUT2D eigenvalue weighted by Gasteiger charge is 2.52. The molecule has 1 fully saturated rings. The van der Waals surface area contributed by atoms with Crippen molar-refractivity contribution in [2.24, 2.45) is 0 Å². The number of hydrogen-bond donors (Lipinski definition) is 1. The lowest BCUT2D eigenvalue weighted by molar-refractivity contribution is -0.0395. The van der Waals surface area contributed by atoms with Gasteiger partial charge < -0.3 is 37.2 Å². The maximum absolute atomic E-state index is 14.6. The number of ether oxygens (including phenoxy) is 5. The molecule has 1 N–H and O–H groups in total. The summed E-state index contributed by atoms with van der Waals surface area (Å²) in [6.45, 7) is 13.9. The van der Waals surface area contributed by atoms with E-state index >= 15 is 0 Å². The molecule has 1 saturated heterocycles. The zero-order valence-corrected chi connectivity index (χ0v) is 42.2. The summed E-state index contributed by atoms with van der Waals surface area (Å²) in [5.74, 6) is 0.439. The van der Waals surface area contributed by atoms with Crippen molar-refractivity contribution in [3.05, 3.63) is 152 Å². The standard InChI is InChI=1S/C52H57N6O11PSi/c1-8-27-63-49-45-48(55-50(56-49)57-51(60)64-28-9-2)58(35-54-45)44-33-42(43(67-44)34-66-71(52(3,4)5,40-22-15-11-16-23-40)41-24-17-12-18-25-41)68-70(65-29-19-26-53)69-47(46(59)36-20-13-10-14-21-36)37-30-38(61-6)32-39(31-37)62-7/h8-18,20-25,30-32,35,42-44,47H,1-2,19,27-29,33-34H2,3-7H3,(H,55,56,57,60)/t42-,43+,44+,47?,70?/m0/s1. The van der Waals surface area contributed by atoms with E-state index in [4.69, 9.17) is 41.7 Å². The zero-order chi connectivity index (χ0) is 50.4. The monoisotopic (exact) mass is 1000 g/mol. The molecule has 5 atom stereocenters. The van der Waals surface area contributed by atoms with Crippen LogP contribution >= 0.6 is 8.60 Å². The third kappa shape index (κ3) is 12.4. The smallest absolute Gasteiger partial charge is 0.414 e. The summed E-state index contributed by atoms with van der Waals surface area (Å²) in [5.41, 5.74) is 1.34. The van der Waals surface area contributed by atoms with Gasteiger partial charge in [-0.05, 0) is 33.1 Å². The van der Waals surface area contributed by atoms with Crippen LogP contribution in [0.2, 0.25) is 5.04 Å². The molecule has 1 aliphatic heterocycles. The zero-order valence-electron chi connectivity index (χ0n) is 40.3. The maximum Gasteiger partial charge on any atom is 0.414 e. The average Bonchev–Trinajstić information content (AvgIpc) is 4.00. The molecular formula is C52H57N6O11PSi. The highest BCUT2D eigenvalue weighted by molar-refractivity contribution is 7.41. The van der Waals surface area contributed by atoms with Crippen LogP contribution in [0.4, 0.5) is 10.7 Å². The maximum atomic E-state index is 14.6. The molecule has 1 amide bonds. The number of aromatic nitrogens is 4. The average molecular weight is 1000 g/mol. The van der Waals surface area contributed by atoms with Crippen LogP contribution in [0, 0.1) is 11.3 Å². The van der Waals surface area contributed by atoms with Gasteiger partial charge in [0.25, 0.3) is 8.32 Å². The van der Waals surface area contributed by atoms with Crippen molar-refractivity contribution in [2.75, 3.05) is 46.0 Å². The van der Waals surface area contributed by atoms with E-state index in [1.165, 1.54) is 20.3 Å². The molecule has 17 nitrogen and oxygen atoms in total. The van der Waals surface area contributed by atoms with E-state index in [-0.39, 0.29) is 68.0 Å². The molecule has 2 unspecified atom stereocenters. The molecule has 19 heteroatoms. The lowest BCUT2D eigenvalue weighted by atomic mass is 9.99. The van der Waals surface area contributed by atoms with E-state index in [9.17, 15) is 14.9 Å². The van der Waals surface area contributed by atoms with E-state index in [1.807, 2.05) is 42.5 Å². The third-order valence-corrected chi connectivity index (χ3v) is 17.7. The van der Waals surface area contributed by atoms with Gasteiger partial charge in [0.2, 0.25) is 11.8 Å². The Kier molecular flexibility index (Phi) is 17.8. The number of rotatable bonds is 24. The fourth-order valence-corrected chi connectivity index (χ4v) is 14.0. The van der Waals surface area contributed by atoms with Crippen LogP contribution in [0.3, 0.4) is 0 Å². The van der Waals surface area contributed by atoms with Gasteiger partial charge in [-0.15, -0.1) is 0 Å². The van der Waals surface area contributed by atoms with Crippen molar-refractivity contribution in [3.63, 3.8) is 0 Å². The Balaban J connectivity index is 1.32. The number of fused-ring (bicyclic) bond motifs is 1. The molecule has 2 aromatic heterocycles. The first kappa shape index (κ1) is 52.0. The number of nitriles is 1. The van der Waals surface area contributed by atoms with Gasteiger partial charge in [0.15, 0.2) is 23.1 Å². The number of amides is 1. The van der Waals surface area contributed by atoms with Gasteiger partial charge in [-0.2, -0.15) is 15.2 Å². The van der Waals surface area contributed by atoms with Crippen LogP contribution in [-0.2, 0) is 27.5 Å². The largest absolute Gasteiger partial charge is 0.497 e. The molecule has 0 spiro atoms. The topological polar surface area (TPSA) is 197 Å². The van der Waals surface area contributed by atoms with Gasteiger partial charge in [-0.25, -0.2) is 9.78 Å². The lowest BCUT2D eigenvalue weighted by Crippen LogP contribution is -2.67. The van der Waals surface area contributed by atoms with Gasteiger partial charge in [-0.1, -0.05) is 137 Å². The SMILES string of the molecule is C=CCOC(=O)Nc1nc(OCC=C)c2ncn([C@H]3C[C@H](OP(OCCC#N)OC(C(=O)c4ccccc4)c4cc(OC)cc(OC)c4)[C@@H](CO[Si](c4ccccc4)(c4ccccc4)C(C)(C)C)O3)c2n1. The highest BCUT2D eigenvalue weighted by atomic mass is 31.2. The van der Waals surface area contributed by atoms with Crippen molar-refractivity contribution in [3.8, 4) is 23.4 Å². The normalized spacial score (nSPS) is 16.6. The van der Waals surface area contributed by atoms with Crippen LogP contribution in [0.15, 0.2) is 141 Å². The Morgan fingerprint density at radius 2 is 1.56 bits per heavy atom. The third-order valence-electron chi connectivity index (χ3n) is 11.4. The van der Waals surface area contributed by atoms with Gasteiger partial charge in [-0.3, -0.25) is 19.2 Å². The second-order valence-electron chi connectivity index (χ2n) is 17.1. The Morgan fingerprint density at radius 1 is 0.930 bits per heavy atom. The molecule has 6 aromatic rings. The van der Waals surface area contributed by atoms with Crippen LogP contribution in [0.5, 0.6) is 17.4 Å². The molecule has 0 bridgehead atoms. The summed E-state index contributed by atoms with van der Waals surface area (Å²) in [6, 6.07) is 36.3. The predicted octanol–water partition coefficient (Wildman–Crippen LogP) is 9.19. The van der Waals surface area contributed by atoms with Gasteiger partial charge >= 0.3 is 14.7 Å². The van der Waals surface area contributed by atoms with Crippen molar-refractivity contribution in [2.45, 2.75) is 63.2 Å². The Labute approximate surface area is 415 Å². The van der Waals surface area contributed by atoms with E-state index in [2.05, 4.69) is 84.5 Å². The summed E-state index contributed by atoms with van der Waals surface area (Å²) in [6.07, 6.45) is 0.143. The number of benzene rings is 4. The van der Waals surface area contributed by atoms with E-state index in [0.717, 1.165) is 10.4 Å². The number of Topliss-reactive ketones (excluding diaryl/α,β-unsaturated/α-hetero) is 1. The predicted molar refractivity (Wildman–Crippen MR) is 270 cm³/mol. The Bertz CT molecular complexity index is 2730. The highest BCUT2D eigenvalue weighted by Crippen LogP contribution is 2.51. The van der Waals surface area contributed by atoms with Crippen LogP contribution in [-0.4, -0.2) is 92.6 Å². The molecule has 0 radical (unpaired) electrons. The molecule has 7 rings (SSSR count). The number of hydrogen-bond acceptors (Lipinski definition) is 15. The van der Waals surface area contributed by atoms with Crippen LogP contribution in [0.1, 0.15) is 61.9 Å². The molecule has 4 aromatic carbocycles. The number of nitrogens with zero attached hydrogens (tertiary/aromatic N) is 5. The summed E-state index contributed by atoms with van der Waals surface area (Å²) in [7, 11) is -2.57. The van der Waals surface area contributed by atoms with Gasteiger partial charge in [0, 0.05) is 18.1 Å². The fourth-order valence-electron chi connectivity index (χ4n) is 8.20. The minimum Gasteiger partial charge on any atom is -0.497 e. The lowest BCUT2D eigenvalue weighted by Gasteiger charge is -2.43. The summed E-state index contributed by atoms with van der Waals surface area (Å²) in [4.78, 5) is 41.0. The van der Waals surface area contributed by atoms with Gasteiger partial charge in [0.05, 0.1) is 52.4 Å². The van der Waals surface area contributed by atoms with E-state index < -0.39 is 52.6 Å². The quantitative estimate of drug-likeness (QED) is 0.0198. The summed E-state index contributed by atoms with van der Waals surface area (Å²) >= 11 is 0. The summed E-state index contributed by atoms with van der Waals surface area (Å²) in [5, 5.41) is 13.9. The van der Waals surface area contributed by atoms with E-state index in [1.54, 1.807) is 59.4 Å². The molecule has 71 heavy (non-hydrogen) atoms. The second kappa shape index (κ2) is 24.3. The van der Waals surface area contributed by atoms with Gasteiger partial charge in [0.1, 0.15) is 37.0 Å². The molecule has 1 aliphatic rings. The number of ketones is 1. The first-order valence-corrected chi connectivity index (χ1v) is 25.8. The minimum atomic E-state index is -3.16. The van der Waals surface area contributed by atoms with Crippen molar-refractivity contribution < 1.29 is 51.3 Å². The molecular weight excluding hydrogens is 944 g/mol. The first-order valence-electron chi connectivity index (χ1n) is 22.8. The fraction of sp³-hybridized carbons (Fsp3) is 0.308. The van der Waals surface area contributed by atoms with Crippen LogP contribution < -0.4 is 29.9 Å². The number of anilines is 1. The summed E-state index contributed by atoms with van der Waals surface area (Å²) < 4.78 is 58.3. The minimum absolute atomic E-state index is 0.00844. The van der Waals surface area contributed by atoms with Crippen molar-refractivity contribution in [1.82, 2.24) is 19.5 Å². The molecule has 0 aliphatic carbocycles. The number of imidazole rings is 1. The molecule has 0 saturated carbocycles. The number of carbonyl (C=O) groups is 2. The Morgan fingerprint density at radius 3 is 2.15 bits per heavy atom. The van der Waals surface area contributed by atoms with E-state index in [0.29, 0.717) is 22.6 Å². The van der Waals surface area contributed by atoms with Crippen molar-refractivity contribution in [1.29, 1.82) is 5.26 Å². The molecule has 370 valence electrons.